The Balaban J connectivity index is 1.92. The normalized spacial score (nSPS) is 10.7. The van der Waals surface area contributed by atoms with Crippen LogP contribution >= 0.6 is 11.6 Å². The number of methoxy groups -OCH3 is 1. The predicted octanol–water partition coefficient (Wildman–Crippen LogP) is 3.20. The lowest BCUT2D eigenvalue weighted by molar-refractivity contribution is -0.123. The van der Waals surface area contributed by atoms with Gasteiger partial charge in [0.25, 0.3) is 5.91 Å². The molecule has 0 saturated carbocycles. The van der Waals surface area contributed by atoms with Gasteiger partial charge in [0.2, 0.25) is 0 Å². The number of hydrazone groups is 1. The molecule has 6 nitrogen and oxygen atoms in total. The molecule has 0 bridgehead atoms. The fraction of sp³-hybridized carbons (Fsp3) is 0.222. The summed E-state index contributed by atoms with van der Waals surface area (Å²) in [6, 6.07) is 8.70. The fourth-order valence-corrected chi connectivity index (χ4v) is 2.28. The molecule has 0 aliphatic carbocycles. The third-order valence-corrected chi connectivity index (χ3v) is 3.88. The summed E-state index contributed by atoms with van der Waals surface area (Å²) in [5, 5.41) is 13.6. The number of amides is 1. The van der Waals surface area contributed by atoms with Crippen LogP contribution in [0.4, 0.5) is 0 Å². The van der Waals surface area contributed by atoms with Crippen LogP contribution in [0.1, 0.15) is 16.7 Å². The standard InChI is InChI=1S/C18H19ClN2O4/c1-11-5-4-6-15(12(11)2)25-10-17(22)21-20-9-13-7-14(19)18(23)16(8-13)24-3/h4-9,23H,10H2,1-3H3,(H,21,22). The van der Waals surface area contributed by atoms with E-state index in [4.69, 9.17) is 21.1 Å². The molecule has 0 heterocycles. The quantitative estimate of drug-likeness (QED) is 0.611. The molecule has 25 heavy (non-hydrogen) atoms. The molecule has 2 aromatic carbocycles. The van der Waals surface area contributed by atoms with Crippen molar-refractivity contribution >= 4 is 23.7 Å². The Morgan fingerprint density at radius 3 is 2.80 bits per heavy atom. The number of halogens is 1. The predicted molar refractivity (Wildman–Crippen MR) is 96.8 cm³/mol. The van der Waals surface area contributed by atoms with Crippen molar-refractivity contribution in [1.82, 2.24) is 5.43 Å². The van der Waals surface area contributed by atoms with E-state index in [1.54, 1.807) is 6.07 Å². The fourth-order valence-electron chi connectivity index (χ4n) is 2.06. The number of phenolic OH excluding ortho intramolecular Hbond substituents is 1. The second-order valence-corrected chi connectivity index (χ2v) is 5.74. The molecule has 0 fully saturated rings. The Hall–Kier alpha value is -2.73. The van der Waals surface area contributed by atoms with Crippen LogP contribution in [0.5, 0.6) is 17.2 Å². The van der Waals surface area contributed by atoms with Crippen LogP contribution < -0.4 is 14.9 Å². The van der Waals surface area contributed by atoms with Gasteiger partial charge in [0.05, 0.1) is 18.3 Å². The molecule has 0 atom stereocenters. The largest absolute Gasteiger partial charge is 0.503 e. The third-order valence-electron chi connectivity index (χ3n) is 3.59. The summed E-state index contributed by atoms with van der Waals surface area (Å²) < 4.78 is 10.5. The molecule has 0 aromatic heterocycles. The van der Waals surface area contributed by atoms with E-state index in [2.05, 4.69) is 10.5 Å². The minimum atomic E-state index is -0.394. The van der Waals surface area contributed by atoms with Gasteiger partial charge in [-0.05, 0) is 48.7 Å². The first-order valence-corrected chi connectivity index (χ1v) is 7.87. The highest BCUT2D eigenvalue weighted by atomic mass is 35.5. The molecule has 2 rings (SSSR count). The average molecular weight is 363 g/mol. The van der Waals surface area contributed by atoms with E-state index in [9.17, 15) is 9.90 Å². The minimum Gasteiger partial charge on any atom is -0.503 e. The van der Waals surface area contributed by atoms with Crippen LogP contribution in [-0.2, 0) is 4.79 Å². The number of nitrogens with one attached hydrogen (secondary N) is 1. The van der Waals surface area contributed by atoms with Crippen LogP contribution in [0.2, 0.25) is 5.02 Å². The number of benzene rings is 2. The number of carbonyl (C=O) groups is 1. The van der Waals surface area contributed by atoms with Gasteiger partial charge in [-0.15, -0.1) is 0 Å². The molecule has 2 N–H and O–H groups in total. The molecule has 0 unspecified atom stereocenters. The SMILES string of the molecule is COc1cc(C=NNC(=O)COc2cccc(C)c2C)cc(Cl)c1O. The van der Waals surface area contributed by atoms with E-state index in [1.165, 1.54) is 19.4 Å². The monoisotopic (exact) mass is 362 g/mol. The molecule has 0 spiro atoms. The van der Waals surface area contributed by atoms with Gasteiger partial charge in [-0.25, -0.2) is 5.43 Å². The van der Waals surface area contributed by atoms with E-state index in [1.807, 2.05) is 32.0 Å². The topological polar surface area (TPSA) is 80.2 Å². The van der Waals surface area contributed by atoms with Crippen LogP contribution in [-0.4, -0.2) is 30.9 Å². The van der Waals surface area contributed by atoms with Gasteiger partial charge >= 0.3 is 0 Å². The second-order valence-electron chi connectivity index (χ2n) is 5.33. The first kappa shape index (κ1) is 18.6. The molecule has 7 heteroatoms. The molecular formula is C18H19ClN2O4. The number of ether oxygens (including phenoxy) is 2. The molecule has 2 aromatic rings. The third kappa shape index (κ3) is 4.87. The summed E-state index contributed by atoms with van der Waals surface area (Å²) in [6.45, 7) is 3.76. The summed E-state index contributed by atoms with van der Waals surface area (Å²) in [5.41, 5.74) is 5.01. The number of carbonyl (C=O) groups excluding carboxylic acids is 1. The number of phenols is 1. The van der Waals surface area contributed by atoms with Crippen molar-refractivity contribution in [2.75, 3.05) is 13.7 Å². The van der Waals surface area contributed by atoms with Gasteiger partial charge in [0.15, 0.2) is 18.1 Å². The lowest BCUT2D eigenvalue weighted by atomic mass is 10.1. The van der Waals surface area contributed by atoms with E-state index in [-0.39, 0.29) is 23.1 Å². The maximum Gasteiger partial charge on any atom is 0.277 e. The molecule has 1 amide bonds. The molecule has 0 aliphatic heterocycles. The van der Waals surface area contributed by atoms with Gasteiger partial charge in [-0.1, -0.05) is 23.7 Å². The molecule has 0 radical (unpaired) electrons. The smallest absolute Gasteiger partial charge is 0.277 e. The summed E-state index contributed by atoms with van der Waals surface area (Å²) in [5.74, 6) is 0.342. The van der Waals surface area contributed by atoms with Crippen molar-refractivity contribution in [3.05, 3.63) is 52.0 Å². The Morgan fingerprint density at radius 1 is 1.32 bits per heavy atom. The van der Waals surface area contributed by atoms with Gasteiger partial charge < -0.3 is 14.6 Å². The average Bonchev–Trinajstić information content (AvgIpc) is 2.59. The lowest BCUT2D eigenvalue weighted by Crippen LogP contribution is -2.24. The summed E-state index contributed by atoms with van der Waals surface area (Å²) in [4.78, 5) is 11.8. The van der Waals surface area contributed by atoms with Crippen LogP contribution in [0, 0.1) is 13.8 Å². The zero-order valence-electron chi connectivity index (χ0n) is 14.2. The highest BCUT2D eigenvalue weighted by Gasteiger charge is 2.08. The van der Waals surface area contributed by atoms with Crippen molar-refractivity contribution < 1.29 is 19.4 Å². The first-order chi connectivity index (χ1) is 11.9. The van der Waals surface area contributed by atoms with Crippen molar-refractivity contribution in [1.29, 1.82) is 0 Å². The van der Waals surface area contributed by atoms with Crippen LogP contribution in [0.25, 0.3) is 0 Å². The van der Waals surface area contributed by atoms with Crippen LogP contribution in [0.3, 0.4) is 0 Å². The molecule has 0 saturated heterocycles. The zero-order valence-corrected chi connectivity index (χ0v) is 14.9. The van der Waals surface area contributed by atoms with Crippen molar-refractivity contribution in [3.8, 4) is 17.2 Å². The summed E-state index contributed by atoms with van der Waals surface area (Å²) in [6.07, 6.45) is 1.39. The molecule has 132 valence electrons. The lowest BCUT2D eigenvalue weighted by Gasteiger charge is -2.09. The number of nitrogens with zero attached hydrogens (tertiary/aromatic N) is 1. The summed E-state index contributed by atoms with van der Waals surface area (Å²) >= 11 is 5.89. The van der Waals surface area contributed by atoms with Crippen LogP contribution in [0.15, 0.2) is 35.4 Å². The minimum absolute atomic E-state index is 0.130. The number of hydrogen-bond acceptors (Lipinski definition) is 5. The van der Waals surface area contributed by atoms with Gasteiger partial charge in [-0.3, -0.25) is 4.79 Å². The number of rotatable bonds is 6. The Bertz CT molecular complexity index is 806. The van der Waals surface area contributed by atoms with Crippen molar-refractivity contribution in [2.24, 2.45) is 5.10 Å². The van der Waals surface area contributed by atoms with Crippen molar-refractivity contribution in [2.45, 2.75) is 13.8 Å². The molecule has 0 aliphatic rings. The zero-order chi connectivity index (χ0) is 18.4. The Morgan fingerprint density at radius 2 is 2.08 bits per heavy atom. The first-order valence-electron chi connectivity index (χ1n) is 7.49. The maximum atomic E-state index is 11.8. The van der Waals surface area contributed by atoms with Gasteiger partial charge in [-0.2, -0.15) is 5.10 Å². The van der Waals surface area contributed by atoms with E-state index in [0.29, 0.717) is 11.3 Å². The Kier molecular flexibility index (Phi) is 6.25. The number of aryl methyl sites for hydroxylation is 1. The van der Waals surface area contributed by atoms with Gasteiger partial charge in [0.1, 0.15) is 5.75 Å². The van der Waals surface area contributed by atoms with E-state index in [0.717, 1.165) is 11.1 Å². The summed E-state index contributed by atoms with van der Waals surface area (Å²) in [7, 11) is 1.42. The second kappa shape index (κ2) is 8.39. The van der Waals surface area contributed by atoms with E-state index >= 15 is 0 Å². The van der Waals surface area contributed by atoms with Gasteiger partial charge in [0, 0.05) is 0 Å². The number of hydrogen-bond donors (Lipinski definition) is 2. The van der Waals surface area contributed by atoms with E-state index < -0.39 is 5.91 Å². The maximum absolute atomic E-state index is 11.8. The Labute approximate surface area is 151 Å². The van der Waals surface area contributed by atoms with Crippen molar-refractivity contribution in [3.63, 3.8) is 0 Å². The molecular weight excluding hydrogens is 344 g/mol. The highest BCUT2D eigenvalue weighted by Crippen LogP contribution is 2.34. The highest BCUT2D eigenvalue weighted by molar-refractivity contribution is 6.32. The number of aromatic hydroxyl groups is 1.